The van der Waals surface area contributed by atoms with Crippen molar-refractivity contribution in [2.24, 2.45) is 11.3 Å². The number of carbonyl (C=O) groups is 1. The monoisotopic (exact) mass is 351 g/mol. The standard InChI is InChI=1S/C16H33NO5S/c1-7-23(20,21)9-8-16(12-18,10-13(2)3)11-17-14(19)22-15(4,5)6/h13,18H,7-12H2,1-6H3,(H,17,19). The normalized spacial score (nSPS) is 15.3. The second-order valence-corrected chi connectivity index (χ2v) is 10.1. The summed E-state index contributed by atoms with van der Waals surface area (Å²) in [7, 11) is -3.12. The number of rotatable bonds is 9. The van der Waals surface area contributed by atoms with Crippen molar-refractivity contribution < 1.29 is 23.1 Å². The van der Waals surface area contributed by atoms with Gasteiger partial charge in [0.2, 0.25) is 0 Å². The highest BCUT2D eigenvalue weighted by Crippen LogP contribution is 2.30. The second kappa shape index (κ2) is 8.87. The van der Waals surface area contributed by atoms with Gasteiger partial charge in [-0.1, -0.05) is 20.8 Å². The lowest BCUT2D eigenvalue weighted by molar-refractivity contribution is 0.0436. The molecule has 6 nitrogen and oxygen atoms in total. The van der Waals surface area contributed by atoms with Gasteiger partial charge in [-0.15, -0.1) is 0 Å². The average molecular weight is 352 g/mol. The first kappa shape index (κ1) is 22.2. The van der Waals surface area contributed by atoms with Gasteiger partial charge < -0.3 is 15.2 Å². The molecule has 0 aromatic rings. The Kier molecular flexibility index (Phi) is 8.56. The van der Waals surface area contributed by atoms with E-state index in [0.29, 0.717) is 12.8 Å². The molecule has 0 spiro atoms. The van der Waals surface area contributed by atoms with Gasteiger partial charge in [-0.25, -0.2) is 13.2 Å². The van der Waals surface area contributed by atoms with Crippen molar-refractivity contribution in [2.45, 2.75) is 60.0 Å². The first-order chi connectivity index (χ1) is 10.3. The van der Waals surface area contributed by atoms with Crippen molar-refractivity contribution in [3.63, 3.8) is 0 Å². The van der Waals surface area contributed by atoms with Crippen LogP contribution >= 0.6 is 0 Å². The van der Waals surface area contributed by atoms with E-state index in [1.165, 1.54) is 0 Å². The van der Waals surface area contributed by atoms with E-state index in [1.54, 1.807) is 27.7 Å². The van der Waals surface area contributed by atoms with Crippen molar-refractivity contribution in [3.8, 4) is 0 Å². The van der Waals surface area contributed by atoms with Gasteiger partial charge in [-0.05, 0) is 39.5 Å². The fourth-order valence-corrected chi connectivity index (χ4v) is 3.45. The zero-order valence-electron chi connectivity index (χ0n) is 15.3. The van der Waals surface area contributed by atoms with Crippen LogP contribution in [0.25, 0.3) is 0 Å². The molecule has 23 heavy (non-hydrogen) atoms. The van der Waals surface area contributed by atoms with Crippen LogP contribution in [0.15, 0.2) is 0 Å². The number of aliphatic hydroxyl groups excluding tert-OH is 1. The predicted octanol–water partition coefficient (Wildman–Crippen LogP) is 2.36. The van der Waals surface area contributed by atoms with Gasteiger partial charge in [-0.3, -0.25) is 0 Å². The third-order valence-corrected chi connectivity index (χ3v) is 5.27. The molecule has 138 valence electrons. The highest BCUT2D eigenvalue weighted by molar-refractivity contribution is 7.91. The zero-order chi connectivity index (χ0) is 18.3. The van der Waals surface area contributed by atoms with Crippen LogP contribution in [0.2, 0.25) is 0 Å². The number of hydrogen-bond acceptors (Lipinski definition) is 5. The molecule has 0 saturated heterocycles. The first-order valence-electron chi connectivity index (χ1n) is 8.13. The summed E-state index contributed by atoms with van der Waals surface area (Å²) >= 11 is 0. The molecule has 0 heterocycles. The average Bonchev–Trinajstić information content (AvgIpc) is 2.40. The molecule has 0 fully saturated rings. The number of hydrogen-bond donors (Lipinski definition) is 2. The summed E-state index contributed by atoms with van der Waals surface area (Å²) in [6.45, 7) is 10.9. The Morgan fingerprint density at radius 1 is 1.26 bits per heavy atom. The van der Waals surface area contributed by atoms with Gasteiger partial charge in [0.05, 0.1) is 12.4 Å². The molecule has 0 aromatic carbocycles. The minimum atomic E-state index is -3.12. The Hall–Kier alpha value is -0.820. The largest absolute Gasteiger partial charge is 0.444 e. The summed E-state index contributed by atoms with van der Waals surface area (Å²) in [6.07, 6.45) is 0.379. The van der Waals surface area contributed by atoms with Gasteiger partial charge in [0.25, 0.3) is 0 Å². The second-order valence-electron chi connectivity index (χ2n) is 7.60. The molecule has 2 N–H and O–H groups in total. The fourth-order valence-electron chi connectivity index (χ4n) is 2.42. The lowest BCUT2D eigenvalue weighted by Gasteiger charge is -2.34. The number of nitrogens with one attached hydrogen (secondary N) is 1. The number of carbonyl (C=O) groups excluding carboxylic acids is 1. The molecule has 0 aliphatic heterocycles. The van der Waals surface area contributed by atoms with Crippen LogP contribution < -0.4 is 5.32 Å². The number of alkyl carbamates (subject to hydrolysis) is 1. The SMILES string of the molecule is CCS(=O)(=O)CCC(CO)(CNC(=O)OC(C)(C)C)CC(C)C. The van der Waals surface area contributed by atoms with E-state index in [9.17, 15) is 18.3 Å². The fraction of sp³-hybridized carbons (Fsp3) is 0.938. The van der Waals surface area contributed by atoms with Crippen molar-refractivity contribution in [3.05, 3.63) is 0 Å². The van der Waals surface area contributed by atoms with Crippen molar-refractivity contribution >= 4 is 15.9 Å². The molecule has 0 aliphatic carbocycles. The quantitative estimate of drug-likeness (QED) is 0.665. The van der Waals surface area contributed by atoms with E-state index in [-0.39, 0.29) is 30.6 Å². The molecule has 7 heteroatoms. The van der Waals surface area contributed by atoms with Crippen LogP contribution in [-0.4, -0.2) is 49.9 Å². The Balaban J connectivity index is 4.95. The van der Waals surface area contributed by atoms with E-state index in [1.807, 2.05) is 13.8 Å². The Labute approximate surface area is 140 Å². The number of sulfone groups is 1. The summed E-state index contributed by atoms with van der Waals surface area (Å²) in [4.78, 5) is 11.8. The summed E-state index contributed by atoms with van der Waals surface area (Å²) < 4.78 is 28.8. The van der Waals surface area contributed by atoms with Gasteiger partial charge in [0.15, 0.2) is 0 Å². The third kappa shape index (κ3) is 9.81. The minimum absolute atomic E-state index is 0.00672. The van der Waals surface area contributed by atoms with Gasteiger partial charge in [0.1, 0.15) is 15.4 Å². The van der Waals surface area contributed by atoms with E-state index in [4.69, 9.17) is 4.74 Å². The van der Waals surface area contributed by atoms with Crippen LogP contribution in [0.3, 0.4) is 0 Å². The van der Waals surface area contributed by atoms with Crippen LogP contribution in [0.5, 0.6) is 0 Å². The Bertz CT molecular complexity index is 467. The smallest absolute Gasteiger partial charge is 0.407 e. The van der Waals surface area contributed by atoms with Gasteiger partial charge >= 0.3 is 6.09 Å². The lowest BCUT2D eigenvalue weighted by Crippen LogP contribution is -2.44. The molecule has 0 radical (unpaired) electrons. The minimum Gasteiger partial charge on any atom is -0.444 e. The molecule has 1 atom stereocenters. The van der Waals surface area contributed by atoms with Crippen molar-refractivity contribution in [1.29, 1.82) is 0 Å². The zero-order valence-corrected chi connectivity index (χ0v) is 16.1. The molecule has 0 saturated carbocycles. The molecule has 1 unspecified atom stereocenters. The van der Waals surface area contributed by atoms with Gasteiger partial charge in [-0.2, -0.15) is 0 Å². The molecule has 0 aliphatic rings. The van der Waals surface area contributed by atoms with Crippen molar-refractivity contribution in [2.75, 3.05) is 24.7 Å². The maximum atomic E-state index is 11.8. The van der Waals surface area contributed by atoms with Crippen LogP contribution in [0, 0.1) is 11.3 Å². The maximum absolute atomic E-state index is 11.8. The predicted molar refractivity (Wildman–Crippen MR) is 92.2 cm³/mol. The summed E-state index contributed by atoms with van der Waals surface area (Å²) in [5.74, 6) is 0.356. The highest BCUT2D eigenvalue weighted by Gasteiger charge is 2.33. The Morgan fingerprint density at radius 2 is 1.83 bits per heavy atom. The number of aliphatic hydroxyl groups is 1. The highest BCUT2D eigenvalue weighted by atomic mass is 32.2. The first-order valence-corrected chi connectivity index (χ1v) is 9.95. The number of amides is 1. The third-order valence-electron chi connectivity index (χ3n) is 3.57. The van der Waals surface area contributed by atoms with Crippen molar-refractivity contribution in [1.82, 2.24) is 5.32 Å². The molecular formula is C16H33NO5S. The van der Waals surface area contributed by atoms with Gasteiger partial charge in [0, 0.05) is 17.7 Å². The van der Waals surface area contributed by atoms with Crippen LogP contribution in [0.4, 0.5) is 4.79 Å². The van der Waals surface area contributed by atoms with E-state index < -0.39 is 26.9 Å². The van der Waals surface area contributed by atoms with Crippen LogP contribution in [-0.2, 0) is 14.6 Å². The topological polar surface area (TPSA) is 92.7 Å². The van der Waals surface area contributed by atoms with E-state index in [2.05, 4.69) is 5.32 Å². The van der Waals surface area contributed by atoms with E-state index in [0.717, 1.165) is 0 Å². The van der Waals surface area contributed by atoms with Crippen LogP contribution in [0.1, 0.15) is 54.4 Å². The molecule has 1 amide bonds. The molecule has 0 bridgehead atoms. The molecular weight excluding hydrogens is 318 g/mol. The lowest BCUT2D eigenvalue weighted by atomic mass is 9.78. The summed E-state index contributed by atoms with van der Waals surface area (Å²) in [5.41, 5.74) is -1.26. The van der Waals surface area contributed by atoms with E-state index >= 15 is 0 Å². The molecule has 0 aromatic heterocycles. The summed E-state index contributed by atoms with van der Waals surface area (Å²) in [5, 5.41) is 12.5. The Morgan fingerprint density at radius 3 is 2.22 bits per heavy atom. The number of ether oxygens (including phenoxy) is 1. The summed E-state index contributed by atoms with van der Waals surface area (Å²) in [6, 6.07) is 0. The molecule has 0 rings (SSSR count). The maximum Gasteiger partial charge on any atom is 0.407 e.